The lowest BCUT2D eigenvalue weighted by Gasteiger charge is -2.24. The van der Waals surface area contributed by atoms with Crippen LogP contribution in [-0.2, 0) is 4.74 Å². The van der Waals surface area contributed by atoms with Crippen LogP contribution in [0.3, 0.4) is 0 Å². The molecule has 1 saturated carbocycles. The predicted molar refractivity (Wildman–Crippen MR) is 87.4 cm³/mol. The van der Waals surface area contributed by atoms with Crippen LogP contribution in [0.1, 0.15) is 48.0 Å². The predicted octanol–water partition coefficient (Wildman–Crippen LogP) is 2.77. The number of benzene rings is 1. The summed E-state index contributed by atoms with van der Waals surface area (Å²) >= 11 is 1.52. The van der Waals surface area contributed by atoms with Crippen molar-refractivity contribution in [2.24, 2.45) is 0 Å². The monoisotopic (exact) mass is 334 g/mol. The quantitative estimate of drug-likeness (QED) is 0.651. The first-order valence-corrected chi connectivity index (χ1v) is 8.97. The van der Waals surface area contributed by atoms with Crippen LogP contribution in [0.5, 0.6) is 5.75 Å². The molecule has 1 saturated heterocycles. The van der Waals surface area contributed by atoms with Crippen molar-refractivity contribution in [1.82, 2.24) is 0 Å². The molecule has 1 aromatic carbocycles. The summed E-state index contributed by atoms with van der Waals surface area (Å²) in [6.07, 6.45) is 3.10. The van der Waals surface area contributed by atoms with E-state index in [1.807, 2.05) is 12.1 Å². The van der Waals surface area contributed by atoms with E-state index in [1.165, 1.54) is 11.8 Å². The van der Waals surface area contributed by atoms with Gasteiger partial charge in [0, 0.05) is 22.6 Å². The molecule has 122 valence electrons. The Morgan fingerprint density at radius 1 is 1.48 bits per heavy atom. The molecule has 5 nitrogen and oxygen atoms in total. The Kier molecular flexibility index (Phi) is 3.82. The Morgan fingerprint density at radius 3 is 3.00 bits per heavy atom. The Hall–Kier alpha value is -1.18. The minimum atomic E-state index is -1.00. The number of carboxylic acids is 1. The lowest BCUT2D eigenvalue weighted by molar-refractivity contribution is 0.0690. The second-order valence-corrected chi connectivity index (χ2v) is 7.97. The molecule has 2 N–H and O–H groups in total. The average molecular weight is 334 g/mol. The van der Waals surface area contributed by atoms with Gasteiger partial charge in [-0.1, -0.05) is 13.0 Å². The van der Waals surface area contributed by atoms with Crippen LogP contribution in [0.25, 0.3) is 0 Å². The van der Waals surface area contributed by atoms with Crippen molar-refractivity contribution < 1.29 is 24.3 Å². The fourth-order valence-electron chi connectivity index (χ4n) is 3.64. The molecule has 2 fully saturated rings. The second-order valence-electron chi connectivity index (χ2n) is 6.55. The third kappa shape index (κ3) is 2.64. The highest BCUT2D eigenvalue weighted by Crippen LogP contribution is 2.60. The summed E-state index contributed by atoms with van der Waals surface area (Å²) in [5, 5.41) is 19.8. The fourth-order valence-corrected chi connectivity index (χ4v) is 4.86. The van der Waals surface area contributed by atoms with E-state index in [-0.39, 0.29) is 28.7 Å². The van der Waals surface area contributed by atoms with E-state index in [1.54, 1.807) is 0 Å². The number of aromatic carboxylic acids is 1. The van der Waals surface area contributed by atoms with Crippen LogP contribution in [0, 0.1) is 0 Å². The second kappa shape index (κ2) is 5.72. The molecule has 0 spiro atoms. The van der Waals surface area contributed by atoms with Crippen LogP contribution < -0.4 is 4.65 Å². The maximum Gasteiger partial charge on any atom is 0.526 e. The van der Waals surface area contributed by atoms with Crippen molar-refractivity contribution >= 4 is 24.8 Å². The van der Waals surface area contributed by atoms with Gasteiger partial charge in [-0.2, -0.15) is 0 Å². The molecule has 23 heavy (non-hydrogen) atoms. The normalized spacial score (nSPS) is 29.5. The number of ether oxygens (including phenoxy) is 1. The SMILES string of the molecule is C[C@H](Sc1ccc2c(c1C(=O)O)OB(O)[C@H]1C[C@@H]21)[C@@H]1CCCO1. The molecule has 2 aliphatic heterocycles. The number of thioether (sulfide) groups is 1. The highest BCUT2D eigenvalue weighted by atomic mass is 32.2. The Labute approximate surface area is 139 Å². The molecule has 0 aromatic heterocycles. The molecule has 3 aliphatic rings. The van der Waals surface area contributed by atoms with Crippen molar-refractivity contribution in [2.45, 2.75) is 54.2 Å². The summed E-state index contributed by atoms with van der Waals surface area (Å²) in [6.45, 7) is 2.85. The lowest BCUT2D eigenvalue weighted by Crippen LogP contribution is -2.27. The van der Waals surface area contributed by atoms with Crippen molar-refractivity contribution in [1.29, 1.82) is 0 Å². The third-order valence-electron chi connectivity index (χ3n) is 5.01. The first-order valence-electron chi connectivity index (χ1n) is 8.09. The number of rotatable bonds is 4. The summed E-state index contributed by atoms with van der Waals surface area (Å²) in [4.78, 5) is 12.5. The summed E-state index contributed by atoms with van der Waals surface area (Å²) in [7, 11) is -0.888. The average Bonchev–Trinajstić information content (AvgIpc) is 3.13. The van der Waals surface area contributed by atoms with Gasteiger partial charge in [-0.05, 0) is 36.8 Å². The van der Waals surface area contributed by atoms with Crippen molar-refractivity contribution in [3.63, 3.8) is 0 Å². The van der Waals surface area contributed by atoms with Crippen molar-refractivity contribution in [2.75, 3.05) is 6.61 Å². The van der Waals surface area contributed by atoms with Gasteiger partial charge in [0.25, 0.3) is 0 Å². The van der Waals surface area contributed by atoms with Gasteiger partial charge in [0.05, 0.1) is 6.10 Å². The van der Waals surface area contributed by atoms with Crippen LogP contribution >= 0.6 is 11.8 Å². The molecule has 7 heteroatoms. The molecule has 0 bridgehead atoms. The Bertz CT molecular complexity index is 646. The van der Waals surface area contributed by atoms with Crippen LogP contribution in [0.4, 0.5) is 0 Å². The zero-order chi connectivity index (χ0) is 16.1. The van der Waals surface area contributed by atoms with E-state index in [2.05, 4.69) is 6.92 Å². The maximum absolute atomic E-state index is 11.8. The summed E-state index contributed by atoms with van der Waals surface area (Å²) in [6, 6.07) is 3.84. The minimum absolute atomic E-state index is 0.119. The van der Waals surface area contributed by atoms with Gasteiger partial charge in [0.15, 0.2) is 0 Å². The van der Waals surface area contributed by atoms with Crippen LogP contribution in [0.15, 0.2) is 17.0 Å². The van der Waals surface area contributed by atoms with Crippen molar-refractivity contribution in [3.05, 3.63) is 23.3 Å². The van der Waals surface area contributed by atoms with Crippen LogP contribution in [0.2, 0.25) is 5.82 Å². The molecule has 4 rings (SSSR count). The van der Waals surface area contributed by atoms with E-state index in [9.17, 15) is 14.9 Å². The number of hydrogen-bond acceptors (Lipinski definition) is 5. The highest BCUT2D eigenvalue weighted by Gasteiger charge is 2.54. The number of fused-ring (bicyclic) bond motifs is 3. The number of carboxylic acid groups (broad SMARTS) is 1. The minimum Gasteiger partial charge on any atom is -0.535 e. The molecule has 4 atom stereocenters. The lowest BCUT2D eigenvalue weighted by atomic mass is 9.77. The van der Waals surface area contributed by atoms with Gasteiger partial charge in [0.1, 0.15) is 11.3 Å². The number of hydrogen-bond donors (Lipinski definition) is 2. The molecule has 0 unspecified atom stereocenters. The van der Waals surface area contributed by atoms with E-state index in [0.29, 0.717) is 10.6 Å². The topological polar surface area (TPSA) is 76.0 Å². The highest BCUT2D eigenvalue weighted by molar-refractivity contribution is 8.00. The van der Waals surface area contributed by atoms with Gasteiger partial charge >= 0.3 is 13.1 Å². The van der Waals surface area contributed by atoms with E-state index >= 15 is 0 Å². The van der Waals surface area contributed by atoms with Gasteiger partial charge in [-0.25, -0.2) is 4.79 Å². The molecule has 0 amide bonds. The molecule has 1 aromatic rings. The first kappa shape index (κ1) is 15.4. The van der Waals surface area contributed by atoms with E-state index in [0.717, 1.165) is 31.4 Å². The largest absolute Gasteiger partial charge is 0.535 e. The molecule has 1 aliphatic carbocycles. The molecular formula is C16H19BO5S. The van der Waals surface area contributed by atoms with E-state index in [4.69, 9.17) is 9.39 Å². The molecule has 2 heterocycles. The summed E-state index contributed by atoms with van der Waals surface area (Å²) < 4.78 is 11.3. The van der Waals surface area contributed by atoms with Crippen LogP contribution in [-0.4, -0.2) is 41.2 Å². The van der Waals surface area contributed by atoms with E-state index < -0.39 is 13.1 Å². The Morgan fingerprint density at radius 2 is 2.30 bits per heavy atom. The molecule has 0 radical (unpaired) electrons. The van der Waals surface area contributed by atoms with Gasteiger partial charge in [0.2, 0.25) is 0 Å². The molecular weight excluding hydrogens is 315 g/mol. The van der Waals surface area contributed by atoms with Gasteiger partial charge < -0.3 is 19.5 Å². The van der Waals surface area contributed by atoms with Crippen molar-refractivity contribution in [3.8, 4) is 5.75 Å². The maximum atomic E-state index is 11.8. The fraction of sp³-hybridized carbons (Fsp3) is 0.562. The zero-order valence-electron chi connectivity index (χ0n) is 12.9. The number of carbonyl (C=O) groups is 1. The van der Waals surface area contributed by atoms with Gasteiger partial charge in [-0.15, -0.1) is 11.8 Å². The third-order valence-corrected chi connectivity index (χ3v) is 6.28. The summed E-state index contributed by atoms with van der Waals surface area (Å²) in [5.41, 5.74) is 1.11. The zero-order valence-corrected chi connectivity index (χ0v) is 13.7. The first-order chi connectivity index (χ1) is 11.1. The summed E-state index contributed by atoms with van der Waals surface area (Å²) in [5.74, 6) is -0.293. The smallest absolute Gasteiger partial charge is 0.526 e. The van der Waals surface area contributed by atoms with Gasteiger partial charge in [-0.3, -0.25) is 0 Å². The standard InChI is InChI=1S/C16H19BO5S/c1-8(12-3-2-6-21-12)23-13-5-4-9-10-7-11(10)17(20)22-15(9)14(13)16(18)19/h4-5,8,10-12,20H,2-3,6-7H2,1H3,(H,18,19)/t8-,10-,11-,12-/m0/s1. The Balaban J connectivity index is 1.67.